The summed E-state index contributed by atoms with van der Waals surface area (Å²) in [6.07, 6.45) is -2.01. The van der Waals surface area contributed by atoms with Gasteiger partial charge in [0.2, 0.25) is 0 Å². The van der Waals surface area contributed by atoms with Crippen molar-refractivity contribution in [3.05, 3.63) is 32.0 Å². The SMILES string of the molecule is O=[N+]([O-])c1c(CO)ncc(Br)c1C(F)F. The van der Waals surface area contributed by atoms with Crippen LogP contribution >= 0.6 is 15.9 Å². The van der Waals surface area contributed by atoms with Crippen molar-refractivity contribution in [2.24, 2.45) is 0 Å². The molecule has 5 nitrogen and oxygen atoms in total. The lowest BCUT2D eigenvalue weighted by Gasteiger charge is -2.06. The molecule has 0 spiro atoms. The lowest BCUT2D eigenvalue weighted by molar-refractivity contribution is -0.387. The van der Waals surface area contributed by atoms with Gasteiger partial charge >= 0.3 is 5.69 Å². The number of pyridine rings is 1. The number of aliphatic hydroxyl groups is 1. The van der Waals surface area contributed by atoms with Crippen LogP contribution in [0, 0.1) is 10.1 Å². The highest BCUT2D eigenvalue weighted by Crippen LogP contribution is 2.36. The number of rotatable bonds is 3. The zero-order chi connectivity index (χ0) is 11.6. The van der Waals surface area contributed by atoms with Crippen molar-refractivity contribution in [2.75, 3.05) is 0 Å². The molecular formula is C7H5BrF2N2O3. The first-order valence-corrected chi connectivity index (χ1v) is 4.49. The summed E-state index contributed by atoms with van der Waals surface area (Å²) < 4.78 is 24.9. The summed E-state index contributed by atoms with van der Waals surface area (Å²) in [6, 6.07) is 0. The highest BCUT2D eigenvalue weighted by atomic mass is 79.9. The zero-order valence-electron chi connectivity index (χ0n) is 7.15. The number of nitro groups is 1. The van der Waals surface area contributed by atoms with Gasteiger partial charge in [-0.1, -0.05) is 0 Å². The van der Waals surface area contributed by atoms with Gasteiger partial charge in [0.25, 0.3) is 6.43 Å². The van der Waals surface area contributed by atoms with Crippen LogP contribution in [0.25, 0.3) is 0 Å². The quantitative estimate of drug-likeness (QED) is 0.681. The molecule has 0 fully saturated rings. The summed E-state index contributed by atoms with van der Waals surface area (Å²) in [5.74, 6) is 0. The second kappa shape index (κ2) is 4.58. The fraction of sp³-hybridized carbons (Fsp3) is 0.286. The molecule has 0 aliphatic rings. The summed E-state index contributed by atoms with van der Waals surface area (Å²) in [7, 11) is 0. The van der Waals surface area contributed by atoms with Gasteiger partial charge in [-0.2, -0.15) is 0 Å². The normalized spacial score (nSPS) is 10.7. The van der Waals surface area contributed by atoms with E-state index >= 15 is 0 Å². The minimum absolute atomic E-state index is 0.151. The molecule has 0 aromatic carbocycles. The highest BCUT2D eigenvalue weighted by molar-refractivity contribution is 9.10. The topological polar surface area (TPSA) is 76.3 Å². The number of halogens is 3. The van der Waals surface area contributed by atoms with Crippen molar-refractivity contribution < 1.29 is 18.8 Å². The van der Waals surface area contributed by atoms with Gasteiger partial charge in [0.1, 0.15) is 11.3 Å². The molecule has 1 heterocycles. The highest BCUT2D eigenvalue weighted by Gasteiger charge is 2.29. The molecule has 82 valence electrons. The predicted octanol–water partition coefficient (Wildman–Crippen LogP) is 2.18. The first-order chi connectivity index (χ1) is 6.99. The lowest BCUT2D eigenvalue weighted by Crippen LogP contribution is -2.04. The Labute approximate surface area is 91.0 Å². The summed E-state index contributed by atoms with van der Waals surface area (Å²) >= 11 is 2.75. The third kappa shape index (κ3) is 2.26. The van der Waals surface area contributed by atoms with E-state index in [0.717, 1.165) is 6.20 Å². The summed E-state index contributed by atoms with van der Waals surface area (Å²) in [6.45, 7) is -0.761. The molecule has 0 amide bonds. The van der Waals surface area contributed by atoms with E-state index in [1.165, 1.54) is 0 Å². The molecule has 1 N–H and O–H groups in total. The molecule has 0 saturated carbocycles. The van der Waals surface area contributed by atoms with E-state index in [2.05, 4.69) is 20.9 Å². The average molecular weight is 283 g/mol. The van der Waals surface area contributed by atoms with Crippen molar-refractivity contribution in [2.45, 2.75) is 13.0 Å². The molecule has 0 saturated heterocycles. The number of nitrogens with zero attached hydrogens (tertiary/aromatic N) is 2. The molecule has 1 rings (SSSR count). The van der Waals surface area contributed by atoms with Crippen molar-refractivity contribution in [1.29, 1.82) is 0 Å². The Kier molecular flexibility index (Phi) is 3.64. The third-order valence-electron chi connectivity index (χ3n) is 1.67. The van der Waals surface area contributed by atoms with E-state index in [-0.39, 0.29) is 10.2 Å². The summed E-state index contributed by atoms with van der Waals surface area (Å²) in [5, 5.41) is 19.3. The molecule has 1 aromatic heterocycles. The Morgan fingerprint density at radius 3 is 2.67 bits per heavy atom. The smallest absolute Gasteiger partial charge is 0.303 e. The first kappa shape index (κ1) is 11.9. The van der Waals surface area contributed by atoms with Crippen LogP contribution in [-0.2, 0) is 6.61 Å². The van der Waals surface area contributed by atoms with Crippen molar-refractivity contribution in [3.63, 3.8) is 0 Å². The van der Waals surface area contributed by atoms with E-state index in [9.17, 15) is 18.9 Å². The molecule has 0 unspecified atom stereocenters. The van der Waals surface area contributed by atoms with Gasteiger partial charge in [0, 0.05) is 6.20 Å². The monoisotopic (exact) mass is 282 g/mol. The van der Waals surface area contributed by atoms with Gasteiger partial charge in [0.05, 0.1) is 16.0 Å². The van der Waals surface area contributed by atoms with Gasteiger partial charge in [0.15, 0.2) is 0 Å². The van der Waals surface area contributed by atoms with Gasteiger partial charge in [-0.15, -0.1) is 0 Å². The number of aromatic nitrogens is 1. The minimum Gasteiger partial charge on any atom is -0.390 e. The fourth-order valence-electron chi connectivity index (χ4n) is 1.06. The largest absolute Gasteiger partial charge is 0.390 e. The van der Waals surface area contributed by atoms with Crippen LogP contribution in [0.15, 0.2) is 10.7 Å². The van der Waals surface area contributed by atoms with Crippen LogP contribution in [0.4, 0.5) is 14.5 Å². The molecule has 0 bridgehead atoms. The second-order valence-corrected chi connectivity index (χ2v) is 3.39. The second-order valence-electron chi connectivity index (χ2n) is 2.53. The molecule has 0 aliphatic carbocycles. The lowest BCUT2D eigenvalue weighted by atomic mass is 10.2. The van der Waals surface area contributed by atoms with Crippen molar-refractivity contribution >= 4 is 21.6 Å². The molecule has 1 aromatic rings. The van der Waals surface area contributed by atoms with Crippen LogP contribution < -0.4 is 0 Å². The molecule has 0 radical (unpaired) electrons. The number of alkyl halides is 2. The fourth-order valence-corrected chi connectivity index (χ4v) is 1.52. The van der Waals surface area contributed by atoms with Crippen LogP contribution in [0.1, 0.15) is 17.7 Å². The summed E-state index contributed by atoms with van der Waals surface area (Å²) in [4.78, 5) is 13.1. The molecular weight excluding hydrogens is 278 g/mol. The van der Waals surface area contributed by atoms with Gasteiger partial charge in [-0.3, -0.25) is 15.1 Å². The Morgan fingerprint density at radius 2 is 2.27 bits per heavy atom. The van der Waals surface area contributed by atoms with Crippen molar-refractivity contribution in [1.82, 2.24) is 4.98 Å². The van der Waals surface area contributed by atoms with Crippen molar-refractivity contribution in [3.8, 4) is 0 Å². The van der Waals surface area contributed by atoms with Crippen LogP contribution in [0.5, 0.6) is 0 Å². The van der Waals surface area contributed by atoms with Gasteiger partial charge in [-0.25, -0.2) is 8.78 Å². The Balaban J connectivity index is 3.51. The maximum atomic E-state index is 12.5. The van der Waals surface area contributed by atoms with Crippen LogP contribution in [0.2, 0.25) is 0 Å². The number of hydrogen-bond donors (Lipinski definition) is 1. The summed E-state index contributed by atoms with van der Waals surface area (Å²) in [5.41, 5.74) is -1.99. The first-order valence-electron chi connectivity index (χ1n) is 3.69. The standard InChI is InChI=1S/C7H5BrF2N2O3/c8-3-1-11-4(2-13)6(12(14)15)5(3)7(9)10/h1,7,13H,2H2. The molecule has 0 atom stereocenters. The third-order valence-corrected chi connectivity index (χ3v) is 2.30. The maximum absolute atomic E-state index is 12.5. The predicted molar refractivity (Wildman–Crippen MR) is 49.5 cm³/mol. The van der Waals surface area contributed by atoms with Gasteiger partial charge in [-0.05, 0) is 15.9 Å². The van der Waals surface area contributed by atoms with E-state index in [4.69, 9.17) is 5.11 Å². The Morgan fingerprint density at radius 1 is 1.67 bits per heavy atom. The zero-order valence-corrected chi connectivity index (χ0v) is 8.74. The Hall–Kier alpha value is -1.15. The van der Waals surface area contributed by atoms with E-state index in [0.29, 0.717) is 0 Å². The van der Waals surface area contributed by atoms with Crippen LogP contribution in [0.3, 0.4) is 0 Å². The van der Waals surface area contributed by atoms with E-state index in [1.54, 1.807) is 0 Å². The maximum Gasteiger partial charge on any atom is 0.303 e. The molecule has 0 aliphatic heterocycles. The number of aliphatic hydroxyl groups excluding tert-OH is 1. The molecule has 8 heteroatoms. The Bertz CT molecular complexity index is 400. The average Bonchev–Trinajstić information content (AvgIpc) is 2.16. The van der Waals surface area contributed by atoms with E-state index < -0.39 is 29.2 Å². The van der Waals surface area contributed by atoms with E-state index in [1.807, 2.05) is 0 Å². The number of hydrogen-bond acceptors (Lipinski definition) is 4. The molecule has 15 heavy (non-hydrogen) atoms. The van der Waals surface area contributed by atoms with Gasteiger partial charge < -0.3 is 5.11 Å². The van der Waals surface area contributed by atoms with Crippen LogP contribution in [-0.4, -0.2) is 15.0 Å². The minimum atomic E-state index is -3.01.